The number of aromatic amines is 1. The van der Waals surface area contributed by atoms with Crippen LogP contribution in [-0.2, 0) is 12.6 Å². The molecular weight excluding hydrogens is 397 g/mol. The monoisotopic (exact) mass is 412 g/mol. The van der Waals surface area contributed by atoms with Crippen LogP contribution in [0.3, 0.4) is 0 Å². The highest BCUT2D eigenvalue weighted by Gasteiger charge is 2.30. The van der Waals surface area contributed by atoms with Crippen molar-refractivity contribution in [2.24, 2.45) is 0 Å². The molecule has 0 saturated heterocycles. The molecule has 0 amide bonds. The highest BCUT2D eigenvalue weighted by molar-refractivity contribution is 5.40. The van der Waals surface area contributed by atoms with Crippen molar-refractivity contribution in [2.45, 2.75) is 12.6 Å². The SMILES string of the molecule is FC(F)(F)c1ccc(Oc2cccc(Oc3ccc(Cc4nn[nH]n4)cc3)c2)cc1. The number of aromatic nitrogens is 4. The van der Waals surface area contributed by atoms with Crippen LogP contribution in [0.25, 0.3) is 0 Å². The van der Waals surface area contributed by atoms with Crippen molar-refractivity contribution < 1.29 is 22.6 Å². The van der Waals surface area contributed by atoms with E-state index in [-0.39, 0.29) is 0 Å². The topological polar surface area (TPSA) is 72.9 Å². The van der Waals surface area contributed by atoms with E-state index in [9.17, 15) is 13.2 Å². The van der Waals surface area contributed by atoms with Gasteiger partial charge in [-0.05, 0) is 54.1 Å². The largest absolute Gasteiger partial charge is 0.457 e. The van der Waals surface area contributed by atoms with Crippen LogP contribution in [0.2, 0.25) is 0 Å². The third kappa shape index (κ3) is 4.93. The molecule has 4 aromatic rings. The lowest BCUT2D eigenvalue weighted by atomic mass is 10.1. The molecule has 1 aromatic heterocycles. The Labute approximate surface area is 169 Å². The summed E-state index contributed by atoms with van der Waals surface area (Å²) in [6.07, 6.45) is -3.83. The number of alkyl halides is 3. The van der Waals surface area contributed by atoms with Gasteiger partial charge in [0, 0.05) is 12.5 Å². The zero-order valence-electron chi connectivity index (χ0n) is 15.4. The fraction of sp³-hybridized carbons (Fsp3) is 0.0952. The Morgan fingerprint density at radius 1 is 0.767 bits per heavy atom. The van der Waals surface area contributed by atoms with Crippen LogP contribution in [0, 0.1) is 0 Å². The molecule has 0 saturated carbocycles. The summed E-state index contributed by atoms with van der Waals surface area (Å²) in [7, 11) is 0. The number of hydrogen-bond donors (Lipinski definition) is 1. The fourth-order valence-corrected chi connectivity index (χ4v) is 2.70. The molecule has 0 spiro atoms. The second-order valence-corrected chi connectivity index (χ2v) is 6.35. The standard InChI is InChI=1S/C21H15F3N4O2/c22-21(23,24)15-6-10-17(11-7-15)30-19-3-1-2-18(13-19)29-16-8-4-14(5-9-16)12-20-25-27-28-26-20/h1-11,13H,12H2,(H,25,26,27,28). The number of rotatable bonds is 6. The van der Waals surface area contributed by atoms with Crippen LogP contribution >= 0.6 is 0 Å². The molecule has 0 unspecified atom stereocenters. The van der Waals surface area contributed by atoms with Crippen LogP contribution in [0.5, 0.6) is 23.0 Å². The molecule has 0 aliphatic carbocycles. The van der Waals surface area contributed by atoms with E-state index < -0.39 is 11.7 Å². The average molecular weight is 412 g/mol. The molecule has 0 aliphatic heterocycles. The Balaban J connectivity index is 1.41. The average Bonchev–Trinajstić information content (AvgIpc) is 3.23. The summed E-state index contributed by atoms with van der Waals surface area (Å²) < 4.78 is 49.4. The summed E-state index contributed by atoms with van der Waals surface area (Å²) >= 11 is 0. The van der Waals surface area contributed by atoms with Gasteiger partial charge in [-0.2, -0.15) is 18.4 Å². The Morgan fingerprint density at radius 2 is 1.37 bits per heavy atom. The Bertz CT molecular complexity index is 1100. The smallest absolute Gasteiger partial charge is 0.416 e. The molecule has 6 nitrogen and oxygen atoms in total. The van der Waals surface area contributed by atoms with Gasteiger partial charge in [0.2, 0.25) is 0 Å². The summed E-state index contributed by atoms with van der Waals surface area (Å²) in [6, 6.07) is 18.8. The van der Waals surface area contributed by atoms with Crippen molar-refractivity contribution in [2.75, 3.05) is 0 Å². The summed E-state index contributed by atoms with van der Waals surface area (Å²) in [5.41, 5.74) is 0.276. The normalized spacial score (nSPS) is 11.3. The molecule has 0 radical (unpaired) electrons. The third-order valence-electron chi connectivity index (χ3n) is 4.13. The Hall–Kier alpha value is -3.88. The lowest BCUT2D eigenvalue weighted by molar-refractivity contribution is -0.137. The van der Waals surface area contributed by atoms with Gasteiger partial charge in [-0.1, -0.05) is 23.4 Å². The molecule has 0 aliphatic rings. The van der Waals surface area contributed by atoms with E-state index in [2.05, 4.69) is 20.6 Å². The summed E-state index contributed by atoms with van der Waals surface area (Å²) in [4.78, 5) is 0. The zero-order chi connectivity index (χ0) is 21.0. The molecule has 3 aromatic carbocycles. The van der Waals surface area contributed by atoms with E-state index in [1.165, 1.54) is 12.1 Å². The zero-order valence-corrected chi connectivity index (χ0v) is 15.4. The number of halogens is 3. The van der Waals surface area contributed by atoms with E-state index in [1.807, 2.05) is 24.3 Å². The molecule has 4 rings (SSSR count). The maximum atomic E-state index is 12.7. The van der Waals surface area contributed by atoms with E-state index in [1.54, 1.807) is 24.3 Å². The van der Waals surface area contributed by atoms with Crippen molar-refractivity contribution in [1.29, 1.82) is 0 Å². The predicted octanol–water partition coefficient (Wildman–Crippen LogP) is 5.39. The Kier molecular flexibility index (Phi) is 5.34. The van der Waals surface area contributed by atoms with E-state index in [4.69, 9.17) is 9.47 Å². The first-order valence-electron chi connectivity index (χ1n) is 8.90. The van der Waals surface area contributed by atoms with E-state index in [0.29, 0.717) is 35.2 Å². The van der Waals surface area contributed by atoms with Gasteiger partial charge in [0.1, 0.15) is 23.0 Å². The molecule has 1 N–H and O–H groups in total. The maximum Gasteiger partial charge on any atom is 0.416 e. The summed E-state index contributed by atoms with van der Waals surface area (Å²) in [6.45, 7) is 0. The van der Waals surface area contributed by atoms with Crippen LogP contribution in [0.15, 0.2) is 72.8 Å². The lowest BCUT2D eigenvalue weighted by Crippen LogP contribution is -2.03. The number of hydrogen-bond acceptors (Lipinski definition) is 5. The van der Waals surface area contributed by atoms with Gasteiger partial charge in [-0.15, -0.1) is 10.2 Å². The second-order valence-electron chi connectivity index (χ2n) is 6.35. The van der Waals surface area contributed by atoms with Crippen molar-refractivity contribution in [3.05, 3.63) is 89.7 Å². The van der Waals surface area contributed by atoms with Gasteiger partial charge in [0.15, 0.2) is 5.82 Å². The first kappa shape index (κ1) is 19.4. The highest BCUT2D eigenvalue weighted by atomic mass is 19.4. The fourth-order valence-electron chi connectivity index (χ4n) is 2.70. The van der Waals surface area contributed by atoms with Crippen LogP contribution < -0.4 is 9.47 Å². The number of ether oxygens (including phenoxy) is 2. The highest BCUT2D eigenvalue weighted by Crippen LogP contribution is 2.32. The summed E-state index contributed by atoms with van der Waals surface area (Å²) in [5, 5.41) is 13.8. The molecular formula is C21H15F3N4O2. The van der Waals surface area contributed by atoms with Crippen LogP contribution in [0.1, 0.15) is 17.0 Å². The molecule has 0 atom stereocenters. The van der Waals surface area contributed by atoms with E-state index in [0.717, 1.165) is 17.7 Å². The molecule has 0 fully saturated rings. The van der Waals surface area contributed by atoms with Gasteiger partial charge in [-0.3, -0.25) is 0 Å². The molecule has 152 valence electrons. The third-order valence-corrected chi connectivity index (χ3v) is 4.13. The number of nitrogens with zero attached hydrogens (tertiary/aromatic N) is 3. The van der Waals surface area contributed by atoms with E-state index >= 15 is 0 Å². The van der Waals surface area contributed by atoms with Gasteiger partial charge in [0.25, 0.3) is 0 Å². The number of nitrogens with one attached hydrogen (secondary N) is 1. The predicted molar refractivity (Wildman–Crippen MR) is 101 cm³/mol. The molecule has 9 heteroatoms. The van der Waals surface area contributed by atoms with Gasteiger partial charge in [-0.25, -0.2) is 0 Å². The lowest BCUT2D eigenvalue weighted by Gasteiger charge is -2.11. The number of tetrazole rings is 1. The van der Waals surface area contributed by atoms with Gasteiger partial charge < -0.3 is 9.47 Å². The molecule has 30 heavy (non-hydrogen) atoms. The minimum absolute atomic E-state index is 0.297. The first-order chi connectivity index (χ1) is 14.5. The van der Waals surface area contributed by atoms with Gasteiger partial charge >= 0.3 is 6.18 Å². The van der Waals surface area contributed by atoms with Crippen molar-refractivity contribution >= 4 is 0 Å². The molecule has 1 heterocycles. The van der Waals surface area contributed by atoms with Crippen LogP contribution in [-0.4, -0.2) is 20.6 Å². The van der Waals surface area contributed by atoms with Crippen molar-refractivity contribution in [3.63, 3.8) is 0 Å². The first-order valence-corrected chi connectivity index (χ1v) is 8.90. The minimum atomic E-state index is -4.38. The Morgan fingerprint density at radius 3 is 1.90 bits per heavy atom. The minimum Gasteiger partial charge on any atom is -0.457 e. The van der Waals surface area contributed by atoms with Gasteiger partial charge in [0.05, 0.1) is 5.56 Å². The van der Waals surface area contributed by atoms with Crippen molar-refractivity contribution in [1.82, 2.24) is 20.6 Å². The number of benzene rings is 3. The summed E-state index contributed by atoms with van der Waals surface area (Å²) in [5.74, 6) is 2.49. The quantitative estimate of drug-likeness (QED) is 0.459. The molecule has 0 bridgehead atoms. The second kappa shape index (κ2) is 8.24. The van der Waals surface area contributed by atoms with Crippen LogP contribution in [0.4, 0.5) is 13.2 Å². The maximum absolute atomic E-state index is 12.7. The van der Waals surface area contributed by atoms with Crippen molar-refractivity contribution in [3.8, 4) is 23.0 Å². The number of H-pyrrole nitrogens is 1.